The third-order valence-corrected chi connectivity index (χ3v) is 3.12. The van der Waals surface area contributed by atoms with Gasteiger partial charge in [-0.1, -0.05) is 6.42 Å². The summed E-state index contributed by atoms with van der Waals surface area (Å²) < 4.78 is 5.31. The largest absolute Gasteiger partial charge is 0.394 e. The van der Waals surface area contributed by atoms with E-state index >= 15 is 0 Å². The molecule has 1 atom stereocenters. The molecule has 2 N–H and O–H groups in total. The van der Waals surface area contributed by atoms with Crippen molar-refractivity contribution in [2.24, 2.45) is 0 Å². The molecule has 96 valence electrons. The number of nitrogens with one attached hydrogen (secondary N) is 1. The summed E-state index contributed by atoms with van der Waals surface area (Å²) in [6.45, 7) is 3.12. The molecule has 6 nitrogen and oxygen atoms in total. The smallest absolute Gasteiger partial charge is 0.141 e. The quantitative estimate of drug-likeness (QED) is 0.701. The van der Waals surface area contributed by atoms with Gasteiger partial charge in [0.05, 0.1) is 25.9 Å². The molecule has 2 heterocycles. The van der Waals surface area contributed by atoms with Crippen molar-refractivity contribution in [2.75, 3.05) is 32.9 Å². The van der Waals surface area contributed by atoms with Crippen LogP contribution >= 0.6 is 0 Å². The molecule has 0 spiro atoms. The molecule has 1 aliphatic rings. The molecular weight excluding hydrogens is 220 g/mol. The molecule has 0 radical (unpaired) electrons. The Hall–Kier alpha value is -0.980. The minimum absolute atomic E-state index is 0.0888. The number of aromatic amines is 1. The SMILES string of the molecule is OCCOCCN1CCCCC1c1ncn[nH]1. The number of aliphatic hydroxyl groups excluding tert-OH is 1. The summed E-state index contributed by atoms with van der Waals surface area (Å²) in [7, 11) is 0. The van der Waals surface area contributed by atoms with Crippen molar-refractivity contribution < 1.29 is 9.84 Å². The van der Waals surface area contributed by atoms with E-state index in [9.17, 15) is 0 Å². The third kappa shape index (κ3) is 3.49. The van der Waals surface area contributed by atoms with E-state index in [0.717, 1.165) is 25.3 Å². The lowest BCUT2D eigenvalue weighted by atomic mass is 10.0. The molecule has 1 aliphatic heterocycles. The van der Waals surface area contributed by atoms with Gasteiger partial charge in [-0.15, -0.1) is 0 Å². The monoisotopic (exact) mass is 240 g/mol. The predicted molar refractivity (Wildman–Crippen MR) is 62.5 cm³/mol. The Morgan fingerprint density at radius 3 is 3.18 bits per heavy atom. The molecular formula is C11H20N4O2. The van der Waals surface area contributed by atoms with Gasteiger partial charge >= 0.3 is 0 Å². The average molecular weight is 240 g/mol. The van der Waals surface area contributed by atoms with Crippen LogP contribution in [-0.2, 0) is 4.74 Å². The summed E-state index contributed by atoms with van der Waals surface area (Å²) in [6, 6.07) is 0.337. The van der Waals surface area contributed by atoms with Crippen molar-refractivity contribution in [1.82, 2.24) is 20.1 Å². The van der Waals surface area contributed by atoms with Crippen molar-refractivity contribution in [2.45, 2.75) is 25.3 Å². The molecule has 1 aromatic rings. The van der Waals surface area contributed by atoms with Crippen LogP contribution < -0.4 is 0 Å². The van der Waals surface area contributed by atoms with Gasteiger partial charge in [0, 0.05) is 6.54 Å². The van der Waals surface area contributed by atoms with Gasteiger partial charge in [0.1, 0.15) is 12.2 Å². The average Bonchev–Trinajstić information content (AvgIpc) is 2.89. The zero-order valence-corrected chi connectivity index (χ0v) is 10.0. The Kier molecular flexibility index (Phi) is 4.90. The summed E-state index contributed by atoms with van der Waals surface area (Å²) in [6.07, 6.45) is 5.14. The maximum atomic E-state index is 8.64. The highest BCUT2D eigenvalue weighted by Gasteiger charge is 2.25. The summed E-state index contributed by atoms with van der Waals surface area (Å²) in [5, 5.41) is 15.5. The van der Waals surface area contributed by atoms with Gasteiger partial charge in [-0.25, -0.2) is 4.98 Å². The summed E-state index contributed by atoms with van der Waals surface area (Å²) in [5.41, 5.74) is 0. The summed E-state index contributed by atoms with van der Waals surface area (Å²) in [4.78, 5) is 6.62. The van der Waals surface area contributed by atoms with Crippen molar-refractivity contribution >= 4 is 0 Å². The molecule has 1 fully saturated rings. The lowest BCUT2D eigenvalue weighted by Gasteiger charge is -2.34. The Morgan fingerprint density at radius 2 is 2.41 bits per heavy atom. The first-order valence-corrected chi connectivity index (χ1v) is 6.19. The van der Waals surface area contributed by atoms with Crippen LogP contribution in [0.25, 0.3) is 0 Å². The molecule has 1 aromatic heterocycles. The number of rotatable bonds is 6. The van der Waals surface area contributed by atoms with Crippen LogP contribution in [0.2, 0.25) is 0 Å². The first-order chi connectivity index (χ1) is 8.42. The van der Waals surface area contributed by atoms with E-state index in [0.29, 0.717) is 19.3 Å². The Labute approximate surface area is 101 Å². The van der Waals surface area contributed by atoms with Crippen LogP contribution in [-0.4, -0.2) is 58.1 Å². The molecule has 0 saturated carbocycles. The van der Waals surface area contributed by atoms with Gasteiger partial charge in [-0.05, 0) is 19.4 Å². The zero-order chi connectivity index (χ0) is 11.9. The van der Waals surface area contributed by atoms with E-state index in [-0.39, 0.29) is 6.61 Å². The number of aliphatic hydroxyl groups is 1. The lowest BCUT2D eigenvalue weighted by Crippen LogP contribution is -2.36. The predicted octanol–water partition coefficient (Wildman–Crippen LogP) is 0.341. The number of nitrogens with zero attached hydrogens (tertiary/aromatic N) is 3. The first kappa shape index (κ1) is 12.5. The van der Waals surface area contributed by atoms with Gasteiger partial charge in [-0.3, -0.25) is 10.00 Å². The molecule has 1 unspecified atom stereocenters. The molecule has 0 aliphatic carbocycles. The van der Waals surface area contributed by atoms with Crippen molar-refractivity contribution in [3.05, 3.63) is 12.2 Å². The Bertz CT molecular complexity index is 304. The Balaban J connectivity index is 1.84. The van der Waals surface area contributed by atoms with E-state index in [1.165, 1.54) is 12.8 Å². The van der Waals surface area contributed by atoms with Crippen LogP contribution in [0.5, 0.6) is 0 Å². The fourth-order valence-electron chi connectivity index (χ4n) is 2.29. The molecule has 0 amide bonds. The van der Waals surface area contributed by atoms with E-state index in [4.69, 9.17) is 9.84 Å². The van der Waals surface area contributed by atoms with Gasteiger partial charge in [0.25, 0.3) is 0 Å². The van der Waals surface area contributed by atoms with Crippen molar-refractivity contribution in [3.63, 3.8) is 0 Å². The number of H-pyrrole nitrogens is 1. The van der Waals surface area contributed by atoms with Crippen molar-refractivity contribution in [1.29, 1.82) is 0 Å². The van der Waals surface area contributed by atoms with E-state index in [1.54, 1.807) is 6.33 Å². The number of piperidine rings is 1. The van der Waals surface area contributed by atoms with E-state index in [1.807, 2.05) is 0 Å². The zero-order valence-electron chi connectivity index (χ0n) is 10.0. The topological polar surface area (TPSA) is 74.3 Å². The maximum absolute atomic E-state index is 8.64. The van der Waals surface area contributed by atoms with Crippen LogP contribution in [0.1, 0.15) is 31.1 Å². The van der Waals surface area contributed by atoms with Crippen LogP contribution in [0.3, 0.4) is 0 Å². The molecule has 0 aromatic carbocycles. The maximum Gasteiger partial charge on any atom is 0.141 e. The second-order valence-corrected chi connectivity index (χ2v) is 4.25. The molecule has 1 saturated heterocycles. The summed E-state index contributed by atoms with van der Waals surface area (Å²) >= 11 is 0. The number of hydrogen-bond acceptors (Lipinski definition) is 5. The number of aromatic nitrogens is 3. The standard InChI is InChI=1S/C11H20N4O2/c16-6-8-17-7-5-15-4-2-1-3-10(15)11-12-9-13-14-11/h9-10,16H,1-8H2,(H,12,13,14). The van der Waals surface area contributed by atoms with Gasteiger partial charge in [0.2, 0.25) is 0 Å². The number of hydrogen-bond donors (Lipinski definition) is 2. The van der Waals surface area contributed by atoms with Gasteiger partial charge in [0.15, 0.2) is 0 Å². The summed E-state index contributed by atoms with van der Waals surface area (Å²) in [5.74, 6) is 0.951. The highest BCUT2D eigenvalue weighted by atomic mass is 16.5. The van der Waals surface area contributed by atoms with E-state index in [2.05, 4.69) is 20.1 Å². The van der Waals surface area contributed by atoms with E-state index < -0.39 is 0 Å². The van der Waals surface area contributed by atoms with Crippen LogP contribution in [0.15, 0.2) is 6.33 Å². The van der Waals surface area contributed by atoms with Crippen LogP contribution in [0.4, 0.5) is 0 Å². The molecule has 2 rings (SSSR count). The fraction of sp³-hybridized carbons (Fsp3) is 0.818. The van der Waals surface area contributed by atoms with Crippen molar-refractivity contribution in [3.8, 4) is 0 Å². The molecule has 6 heteroatoms. The minimum Gasteiger partial charge on any atom is -0.394 e. The number of likely N-dealkylation sites (tertiary alicyclic amines) is 1. The second-order valence-electron chi connectivity index (χ2n) is 4.25. The van der Waals surface area contributed by atoms with Gasteiger partial charge < -0.3 is 9.84 Å². The highest BCUT2D eigenvalue weighted by Crippen LogP contribution is 2.27. The molecule has 0 bridgehead atoms. The highest BCUT2D eigenvalue weighted by molar-refractivity contribution is 4.94. The number of ether oxygens (including phenoxy) is 1. The minimum atomic E-state index is 0.0888. The normalized spacial score (nSPS) is 21.8. The third-order valence-electron chi connectivity index (χ3n) is 3.12. The molecule has 17 heavy (non-hydrogen) atoms. The lowest BCUT2D eigenvalue weighted by molar-refractivity contribution is 0.0515. The van der Waals surface area contributed by atoms with Crippen LogP contribution in [0, 0.1) is 0 Å². The first-order valence-electron chi connectivity index (χ1n) is 6.19. The second kappa shape index (κ2) is 6.68. The van der Waals surface area contributed by atoms with Gasteiger partial charge in [-0.2, -0.15) is 5.10 Å². The fourth-order valence-corrected chi connectivity index (χ4v) is 2.29. The Morgan fingerprint density at radius 1 is 1.47 bits per heavy atom.